The second-order valence-corrected chi connectivity index (χ2v) is 3.97. The normalized spacial score (nSPS) is 17.4. The molecule has 2 rings (SSSR count). The molecule has 0 bridgehead atoms. The zero-order chi connectivity index (χ0) is 11.7. The standard InChI is InChI=1S/C10H13F2N3O/c11-7-3-9(13)10(16)15(6-7)2-1-14-4-8(12)5-14/h3,6,8H,1-2,4-5,13H2. The van der Waals surface area contributed by atoms with Gasteiger partial charge < -0.3 is 10.3 Å². The van der Waals surface area contributed by atoms with E-state index in [0.29, 0.717) is 26.2 Å². The Balaban J connectivity index is 2.01. The van der Waals surface area contributed by atoms with E-state index in [-0.39, 0.29) is 5.69 Å². The molecule has 0 spiro atoms. The van der Waals surface area contributed by atoms with Gasteiger partial charge in [-0.2, -0.15) is 0 Å². The molecule has 0 amide bonds. The van der Waals surface area contributed by atoms with Crippen LogP contribution in [0.15, 0.2) is 17.1 Å². The molecule has 1 aliphatic rings. The van der Waals surface area contributed by atoms with Gasteiger partial charge in [0.2, 0.25) is 0 Å². The van der Waals surface area contributed by atoms with Crippen LogP contribution in [0.25, 0.3) is 0 Å². The van der Waals surface area contributed by atoms with Crippen molar-refractivity contribution in [2.45, 2.75) is 12.7 Å². The largest absolute Gasteiger partial charge is 0.394 e. The zero-order valence-corrected chi connectivity index (χ0v) is 8.70. The van der Waals surface area contributed by atoms with Gasteiger partial charge in [-0.1, -0.05) is 0 Å². The summed E-state index contributed by atoms with van der Waals surface area (Å²) >= 11 is 0. The fraction of sp³-hybridized carbons (Fsp3) is 0.500. The molecular weight excluding hydrogens is 216 g/mol. The van der Waals surface area contributed by atoms with E-state index in [1.165, 1.54) is 4.57 Å². The molecule has 2 heterocycles. The average Bonchev–Trinajstić information content (AvgIpc) is 2.17. The van der Waals surface area contributed by atoms with Gasteiger partial charge in [0.05, 0.1) is 0 Å². The molecule has 0 aromatic carbocycles. The number of nitrogens with two attached hydrogens (primary N) is 1. The second-order valence-electron chi connectivity index (χ2n) is 3.97. The van der Waals surface area contributed by atoms with Gasteiger partial charge in [0, 0.05) is 38.4 Å². The molecule has 0 atom stereocenters. The molecule has 1 aliphatic heterocycles. The zero-order valence-electron chi connectivity index (χ0n) is 8.70. The van der Waals surface area contributed by atoms with Crippen LogP contribution < -0.4 is 11.3 Å². The Morgan fingerprint density at radius 3 is 2.75 bits per heavy atom. The van der Waals surface area contributed by atoms with Crippen molar-refractivity contribution in [1.82, 2.24) is 9.47 Å². The van der Waals surface area contributed by atoms with Gasteiger partial charge in [-0.15, -0.1) is 0 Å². The molecule has 16 heavy (non-hydrogen) atoms. The van der Waals surface area contributed by atoms with Crippen molar-refractivity contribution in [1.29, 1.82) is 0 Å². The maximum atomic E-state index is 13.0. The van der Waals surface area contributed by atoms with Crippen molar-refractivity contribution in [3.63, 3.8) is 0 Å². The van der Waals surface area contributed by atoms with E-state index in [4.69, 9.17) is 5.73 Å². The van der Waals surface area contributed by atoms with Crippen LogP contribution in [0.3, 0.4) is 0 Å². The molecule has 1 aromatic rings. The first kappa shape index (κ1) is 11.1. The summed E-state index contributed by atoms with van der Waals surface area (Å²) in [6.45, 7) is 1.63. The third-order valence-electron chi connectivity index (χ3n) is 2.65. The van der Waals surface area contributed by atoms with Gasteiger partial charge in [0.25, 0.3) is 5.56 Å². The fourth-order valence-electron chi connectivity index (χ4n) is 1.73. The summed E-state index contributed by atoms with van der Waals surface area (Å²) in [7, 11) is 0. The van der Waals surface area contributed by atoms with Gasteiger partial charge >= 0.3 is 0 Å². The van der Waals surface area contributed by atoms with E-state index in [1.54, 1.807) is 0 Å². The van der Waals surface area contributed by atoms with Crippen molar-refractivity contribution in [3.05, 3.63) is 28.4 Å². The molecule has 0 aliphatic carbocycles. The molecule has 0 saturated carbocycles. The Hall–Kier alpha value is -1.43. The minimum absolute atomic E-state index is 0.105. The van der Waals surface area contributed by atoms with Crippen LogP contribution in [-0.2, 0) is 6.54 Å². The average molecular weight is 229 g/mol. The first-order chi connectivity index (χ1) is 7.56. The van der Waals surface area contributed by atoms with Crippen LogP contribution in [0.5, 0.6) is 0 Å². The van der Waals surface area contributed by atoms with Gasteiger partial charge in [-0.25, -0.2) is 8.78 Å². The number of hydrogen-bond acceptors (Lipinski definition) is 3. The molecule has 1 fully saturated rings. The number of hydrogen-bond donors (Lipinski definition) is 1. The third-order valence-corrected chi connectivity index (χ3v) is 2.65. The predicted molar refractivity (Wildman–Crippen MR) is 56.4 cm³/mol. The Bertz CT molecular complexity index is 440. The van der Waals surface area contributed by atoms with Crippen molar-refractivity contribution in [2.24, 2.45) is 0 Å². The SMILES string of the molecule is Nc1cc(F)cn(CCN2CC(F)C2)c1=O. The van der Waals surface area contributed by atoms with Crippen LogP contribution in [0.4, 0.5) is 14.5 Å². The maximum absolute atomic E-state index is 13.0. The van der Waals surface area contributed by atoms with Gasteiger partial charge in [-0.3, -0.25) is 9.69 Å². The van der Waals surface area contributed by atoms with Crippen LogP contribution in [0, 0.1) is 5.82 Å². The molecule has 0 radical (unpaired) electrons. The smallest absolute Gasteiger partial charge is 0.273 e. The molecule has 6 heteroatoms. The number of rotatable bonds is 3. The second kappa shape index (κ2) is 4.21. The third kappa shape index (κ3) is 2.21. The Morgan fingerprint density at radius 1 is 1.44 bits per heavy atom. The highest BCUT2D eigenvalue weighted by Gasteiger charge is 2.25. The van der Waals surface area contributed by atoms with Crippen molar-refractivity contribution < 1.29 is 8.78 Å². The van der Waals surface area contributed by atoms with E-state index in [1.807, 2.05) is 4.90 Å². The van der Waals surface area contributed by atoms with E-state index in [2.05, 4.69) is 0 Å². The summed E-state index contributed by atoms with van der Waals surface area (Å²) in [4.78, 5) is 13.3. The van der Waals surface area contributed by atoms with Crippen LogP contribution in [0.1, 0.15) is 0 Å². The lowest BCUT2D eigenvalue weighted by molar-refractivity contribution is 0.0625. The van der Waals surface area contributed by atoms with Crippen LogP contribution in [-0.4, -0.2) is 35.3 Å². The van der Waals surface area contributed by atoms with Gasteiger partial charge in [0.15, 0.2) is 0 Å². The lowest BCUT2D eigenvalue weighted by Crippen LogP contribution is -2.49. The topological polar surface area (TPSA) is 51.3 Å². The maximum Gasteiger partial charge on any atom is 0.273 e. The van der Waals surface area contributed by atoms with Crippen LogP contribution in [0.2, 0.25) is 0 Å². The van der Waals surface area contributed by atoms with E-state index in [9.17, 15) is 13.6 Å². The Kier molecular flexibility index (Phi) is 2.91. The van der Waals surface area contributed by atoms with Gasteiger partial charge in [0.1, 0.15) is 17.7 Å². The number of nitrogen functional groups attached to an aromatic ring is 1. The molecule has 0 unspecified atom stereocenters. The van der Waals surface area contributed by atoms with Crippen LogP contribution >= 0.6 is 0 Å². The minimum Gasteiger partial charge on any atom is -0.394 e. The Labute approximate surface area is 91.3 Å². The number of likely N-dealkylation sites (tertiary alicyclic amines) is 1. The van der Waals surface area contributed by atoms with Crippen molar-refractivity contribution in [3.8, 4) is 0 Å². The summed E-state index contributed by atoms with van der Waals surface area (Å²) in [5.74, 6) is -0.538. The predicted octanol–water partition coefficient (Wildman–Crippen LogP) is 0.223. The molecule has 1 aromatic heterocycles. The summed E-state index contributed by atoms with van der Waals surface area (Å²) in [6.07, 6.45) is 0.347. The highest BCUT2D eigenvalue weighted by molar-refractivity contribution is 5.34. The van der Waals surface area contributed by atoms with Gasteiger partial charge in [-0.05, 0) is 0 Å². The molecular formula is C10H13F2N3O. The number of halogens is 2. The monoisotopic (exact) mass is 229 g/mol. The number of pyridine rings is 1. The number of aromatic nitrogens is 1. The summed E-state index contributed by atoms with van der Waals surface area (Å²) in [6, 6.07) is 1.00. The van der Waals surface area contributed by atoms with E-state index < -0.39 is 17.5 Å². The highest BCUT2D eigenvalue weighted by Crippen LogP contribution is 2.10. The molecule has 1 saturated heterocycles. The van der Waals surface area contributed by atoms with E-state index >= 15 is 0 Å². The first-order valence-electron chi connectivity index (χ1n) is 5.08. The Morgan fingerprint density at radius 2 is 2.12 bits per heavy atom. The first-order valence-corrected chi connectivity index (χ1v) is 5.08. The number of anilines is 1. The van der Waals surface area contributed by atoms with E-state index in [0.717, 1.165) is 12.3 Å². The van der Waals surface area contributed by atoms with Crippen molar-refractivity contribution in [2.75, 3.05) is 25.4 Å². The highest BCUT2D eigenvalue weighted by atomic mass is 19.1. The minimum atomic E-state index is -0.769. The molecule has 88 valence electrons. The number of nitrogens with zero attached hydrogens (tertiary/aromatic N) is 2. The molecule has 4 nitrogen and oxygen atoms in total. The lowest BCUT2D eigenvalue weighted by Gasteiger charge is -2.34. The summed E-state index contributed by atoms with van der Waals surface area (Å²) in [5.41, 5.74) is 4.84. The lowest BCUT2D eigenvalue weighted by atomic mass is 10.2. The fourth-order valence-corrected chi connectivity index (χ4v) is 1.73. The van der Waals surface area contributed by atoms with Crippen molar-refractivity contribution >= 4 is 5.69 Å². The summed E-state index contributed by atoms with van der Waals surface area (Å²) in [5, 5.41) is 0. The molecule has 2 N–H and O–H groups in total. The quantitative estimate of drug-likeness (QED) is 0.806. The number of alkyl halides is 1. The summed E-state index contributed by atoms with van der Waals surface area (Å²) < 4.78 is 26.7.